The number of phenols is 1. The van der Waals surface area contributed by atoms with E-state index in [0.717, 1.165) is 37.6 Å². The number of aliphatic hydroxyl groups is 4. The Bertz CT molecular complexity index is 3230. The molecule has 1 fully saturated rings. The van der Waals surface area contributed by atoms with Gasteiger partial charge < -0.3 is 122 Å². The van der Waals surface area contributed by atoms with Crippen molar-refractivity contribution in [1.82, 2.24) is 52.3 Å². The second kappa shape index (κ2) is 43.8. The lowest BCUT2D eigenvalue weighted by molar-refractivity contribution is -0.162. The van der Waals surface area contributed by atoms with Gasteiger partial charge in [-0.3, -0.25) is 67.5 Å². The molecule has 0 aliphatic carbocycles. The molecule has 0 aromatic heterocycles. The molecule has 1 aliphatic heterocycles. The number of aliphatic imine (C=N–C) groups is 2. The Hall–Kier alpha value is -9.53. The zero-order valence-corrected chi connectivity index (χ0v) is 63.2. The molecule has 598 valence electrons. The topological polar surface area (TPSA) is 625 Å². The van der Waals surface area contributed by atoms with Crippen molar-refractivity contribution >= 4 is 88.8 Å². The van der Waals surface area contributed by atoms with Gasteiger partial charge in [-0.1, -0.05) is 67.5 Å². The number of hydrogen-bond acceptors (Lipinski definition) is 22. The number of guanidine groups is 2. The lowest BCUT2D eigenvalue weighted by atomic mass is 9.87. The maximum absolute atomic E-state index is 15.1. The fraction of sp³-hybridized carbons (Fsp3) is 0.691. The van der Waals surface area contributed by atoms with E-state index in [2.05, 4.69) is 52.5 Å². The van der Waals surface area contributed by atoms with Crippen LogP contribution in [0.5, 0.6) is 5.75 Å². The summed E-state index contributed by atoms with van der Waals surface area (Å²) in [4.78, 5) is 196. The number of amides is 12. The summed E-state index contributed by atoms with van der Waals surface area (Å²) in [5.74, 6) is -19.8. The largest absolute Gasteiger partial charge is 0.508 e. The maximum atomic E-state index is 15.1. The lowest BCUT2D eigenvalue weighted by Gasteiger charge is -2.36. The van der Waals surface area contributed by atoms with Crippen molar-refractivity contribution in [2.75, 3.05) is 34.3 Å². The fourth-order valence-electron chi connectivity index (χ4n) is 11.7. The van der Waals surface area contributed by atoms with Crippen LogP contribution in [0.3, 0.4) is 0 Å². The summed E-state index contributed by atoms with van der Waals surface area (Å²) >= 11 is 0. The van der Waals surface area contributed by atoms with Gasteiger partial charge in [0.05, 0.1) is 24.2 Å². The Balaban J connectivity index is 3.02. The highest BCUT2D eigenvalue weighted by Crippen LogP contribution is 2.27. The number of carbonyl (C=O) groups is 13. The molecule has 2 rings (SSSR count). The molecule has 20 unspecified atom stereocenters. The quantitative estimate of drug-likeness (QED) is 0.0132. The van der Waals surface area contributed by atoms with Crippen LogP contribution in [-0.4, -0.2) is 249 Å². The van der Waals surface area contributed by atoms with Crippen LogP contribution in [0.1, 0.15) is 146 Å². The summed E-state index contributed by atoms with van der Waals surface area (Å²) < 4.78 is 11.7. The van der Waals surface area contributed by atoms with Crippen LogP contribution in [0, 0.1) is 35.5 Å². The Labute approximate surface area is 617 Å². The molecule has 0 bridgehead atoms. The molecule has 1 saturated heterocycles. The van der Waals surface area contributed by atoms with E-state index in [1.165, 1.54) is 66.1 Å². The Kier molecular flexibility index (Phi) is 38.2. The Morgan fingerprint density at radius 2 is 1.19 bits per heavy atom. The average Bonchev–Trinajstić information content (AvgIpc) is 0.811. The first-order valence-electron chi connectivity index (χ1n) is 35.2. The van der Waals surface area contributed by atoms with Crippen molar-refractivity contribution < 1.29 is 97.3 Å². The molecule has 1 heterocycles. The number of aliphatic hydroxyl groups excluding tert-OH is 4. The van der Waals surface area contributed by atoms with E-state index in [-0.39, 0.29) is 86.2 Å². The number of primary amides is 2. The van der Waals surface area contributed by atoms with Crippen LogP contribution < -0.4 is 76.9 Å². The van der Waals surface area contributed by atoms with Crippen LogP contribution in [0.15, 0.2) is 34.3 Å². The number of phenolic OH excluding ortho intramolecular Hbond substituents is 1. The van der Waals surface area contributed by atoms with Gasteiger partial charge in [0.1, 0.15) is 78.4 Å². The summed E-state index contributed by atoms with van der Waals surface area (Å²) in [6.07, 6.45) is -12.4. The third-order valence-electron chi connectivity index (χ3n) is 18.5. The van der Waals surface area contributed by atoms with Gasteiger partial charge in [-0.25, -0.2) is 4.79 Å². The first-order valence-corrected chi connectivity index (χ1v) is 35.2. The average molecular weight is 1510 g/mol. The molecule has 25 N–H and O–H groups in total. The Morgan fingerprint density at radius 1 is 0.623 bits per heavy atom. The van der Waals surface area contributed by atoms with Crippen molar-refractivity contribution in [2.45, 2.75) is 231 Å². The molecule has 0 radical (unpaired) electrons. The van der Waals surface area contributed by atoms with Crippen LogP contribution in [0.2, 0.25) is 0 Å². The van der Waals surface area contributed by atoms with Crippen molar-refractivity contribution in [1.29, 1.82) is 0 Å². The molecule has 38 nitrogen and oxygen atoms in total. The van der Waals surface area contributed by atoms with Crippen molar-refractivity contribution in [3.8, 4) is 5.75 Å². The molecule has 1 aromatic rings. The number of esters is 1. The maximum Gasteiger partial charge on any atom is 0.328 e. The summed E-state index contributed by atoms with van der Waals surface area (Å²) in [7, 11) is 3.47. The summed E-state index contributed by atoms with van der Waals surface area (Å²) in [5.41, 5.74) is 33.6. The van der Waals surface area contributed by atoms with Crippen LogP contribution in [0.4, 0.5) is 0 Å². The summed E-state index contributed by atoms with van der Waals surface area (Å²) in [6.45, 7) is 17.4. The van der Waals surface area contributed by atoms with E-state index in [4.69, 9.17) is 43.9 Å². The molecule has 20 atom stereocenters. The molecule has 38 heteroatoms. The molecule has 12 amide bonds. The second-order valence-electron chi connectivity index (χ2n) is 28.0. The standard InChI is InChI=1S/C68H116N18O20/c1-30(2)28-32(5)51(90)35(8)56(94)77-36(9)57(95)78-42(18-16-26-75-67(71)72)52(91)53(92)63(101)81-47(33(6)34(7)55(70)93)60(98)83-49-39(12)106-66(104)37(10)85(13)65(103)50(54(105-15)40-20-22-41(88)23-21-40)84-59(97)45(24-25-46(69)89)86(14)64(102)44(29-31(3)4)80-58(96)43(19-17-27-76-68(73)74)79-61(99)48(38(11)87)82-62(49)100/h20-23,30-39,42-45,47-54,87-88,90-92H,16-19,24-29H2,1-15H3,(H2,69,89)(H2,70,93)(H,77,94)(H,78,95)(H,79,99)(H,80,96)(H,81,101)(H,82,100)(H,83,98)(H,84,97)(H4,71,72,75)(H4,73,74,76). The van der Waals surface area contributed by atoms with Crippen molar-refractivity contribution in [3.05, 3.63) is 29.8 Å². The molecule has 0 saturated carbocycles. The lowest BCUT2D eigenvalue weighted by Crippen LogP contribution is -2.65. The summed E-state index contributed by atoms with van der Waals surface area (Å²) in [6, 6.07) is -12.6. The monoisotopic (exact) mass is 1500 g/mol. The van der Waals surface area contributed by atoms with Gasteiger partial charge in [-0.05, 0) is 114 Å². The van der Waals surface area contributed by atoms with Gasteiger partial charge in [0.2, 0.25) is 65.0 Å². The summed E-state index contributed by atoms with van der Waals surface area (Å²) in [5, 5.41) is 75.7. The fourth-order valence-corrected chi connectivity index (χ4v) is 11.7. The van der Waals surface area contributed by atoms with Crippen LogP contribution >= 0.6 is 0 Å². The number of methoxy groups -OCH3 is 1. The molecule has 1 aliphatic rings. The number of nitrogens with one attached hydrogen (secondary N) is 8. The third kappa shape index (κ3) is 28.7. The third-order valence-corrected chi connectivity index (χ3v) is 18.5. The number of hydrogen-bond donors (Lipinski definition) is 19. The zero-order chi connectivity index (χ0) is 81.1. The van der Waals surface area contributed by atoms with E-state index in [0.29, 0.717) is 6.42 Å². The number of aromatic hydroxyl groups is 1. The minimum absolute atomic E-state index is 0.00975. The minimum atomic E-state index is -2.58. The van der Waals surface area contributed by atoms with Gasteiger partial charge in [0.25, 0.3) is 5.91 Å². The van der Waals surface area contributed by atoms with Gasteiger partial charge >= 0.3 is 5.97 Å². The molecular formula is C68H116N18O20. The minimum Gasteiger partial charge on any atom is -0.508 e. The number of rotatable bonds is 34. The van der Waals surface area contributed by atoms with E-state index in [1.807, 2.05) is 13.8 Å². The van der Waals surface area contributed by atoms with Gasteiger partial charge in [0.15, 0.2) is 18.0 Å². The normalized spacial score (nSPS) is 23.2. The predicted molar refractivity (Wildman–Crippen MR) is 386 cm³/mol. The number of benzene rings is 1. The van der Waals surface area contributed by atoms with E-state index in [1.54, 1.807) is 20.8 Å². The van der Waals surface area contributed by atoms with Crippen LogP contribution in [-0.2, 0) is 71.8 Å². The number of nitrogens with zero attached hydrogens (tertiary/aromatic N) is 4. The number of likely N-dealkylation sites (N-methyl/N-ethyl adjacent to an activating group) is 2. The zero-order valence-electron chi connectivity index (χ0n) is 63.2. The highest BCUT2D eigenvalue weighted by molar-refractivity contribution is 5.99. The number of nitrogens with two attached hydrogens (primary N) is 6. The molecule has 0 spiro atoms. The Morgan fingerprint density at radius 3 is 1.72 bits per heavy atom. The number of cyclic esters (lactones) is 1. The molecule has 106 heavy (non-hydrogen) atoms. The molecule has 1 aromatic carbocycles. The number of carbonyl (C=O) groups excluding carboxylic acids is 13. The van der Waals surface area contributed by atoms with Gasteiger partial charge in [-0.15, -0.1) is 0 Å². The molecular weight excluding hydrogens is 1390 g/mol. The van der Waals surface area contributed by atoms with Gasteiger partial charge in [-0.2, -0.15) is 0 Å². The predicted octanol–water partition coefficient (Wildman–Crippen LogP) is -5.44. The smallest absolute Gasteiger partial charge is 0.328 e. The highest BCUT2D eigenvalue weighted by atomic mass is 16.5. The second-order valence-corrected chi connectivity index (χ2v) is 28.0. The first-order chi connectivity index (χ1) is 49.3. The SMILES string of the molecule is COC(c1ccc(O)cc1)C1NC(=O)C(CCC(N)=O)N(C)C(=O)C(CC(C)C)NC(=O)C(CCCN=C(N)N)NC(=O)C(C(C)O)NC(=O)C(NC(=O)C(NC(=O)C(O)C(O)C(CCCN=C(N)N)NC(=O)C(C)NC(=O)C(C)C(O)C(C)CC(C)C)C(C)C(C)C(N)=O)C(C)OC(=O)C(C)N(C)C1=O. The van der Waals surface area contributed by atoms with E-state index < -0.39 is 204 Å². The number of ether oxygens (including phenoxy) is 2. The van der Waals surface area contributed by atoms with Crippen molar-refractivity contribution in [3.63, 3.8) is 0 Å². The van der Waals surface area contributed by atoms with E-state index >= 15 is 14.4 Å². The van der Waals surface area contributed by atoms with E-state index in [9.17, 15) is 73.5 Å². The van der Waals surface area contributed by atoms with Crippen molar-refractivity contribution in [2.24, 2.45) is 79.9 Å². The first kappa shape index (κ1) is 92.6. The van der Waals surface area contributed by atoms with Gasteiger partial charge in [0, 0.05) is 46.6 Å². The van der Waals surface area contributed by atoms with Crippen LogP contribution in [0.25, 0.3) is 0 Å². The highest BCUT2D eigenvalue weighted by Gasteiger charge is 2.45.